The molecule has 0 spiro atoms. The van der Waals surface area contributed by atoms with E-state index in [0.29, 0.717) is 6.54 Å². The summed E-state index contributed by atoms with van der Waals surface area (Å²) in [6.45, 7) is 1.69. The number of nitrogens with two attached hydrogens (primary N) is 1. The Bertz CT molecular complexity index is 593. The quantitative estimate of drug-likeness (QED) is 0.848. The van der Waals surface area contributed by atoms with Crippen LogP contribution in [0.5, 0.6) is 5.75 Å². The van der Waals surface area contributed by atoms with Crippen molar-refractivity contribution in [2.75, 3.05) is 20.2 Å². The second-order valence-electron chi connectivity index (χ2n) is 5.54. The minimum atomic E-state index is 0.214. The molecule has 20 heavy (non-hydrogen) atoms. The van der Waals surface area contributed by atoms with Gasteiger partial charge in [-0.15, -0.1) is 0 Å². The third kappa shape index (κ3) is 2.65. The first-order valence-electron chi connectivity index (χ1n) is 7.32. The van der Waals surface area contributed by atoms with Crippen molar-refractivity contribution < 1.29 is 4.74 Å². The standard InChI is InChI=1S/C17H22N2O/c1-20-17-9-8-14(13-4-2-3-5-15(13)17)16(10-18)19-11-12-6-7-12/h2-5,8-9,12,16,19H,6-7,10-11,18H2,1H3. The van der Waals surface area contributed by atoms with Crippen molar-refractivity contribution >= 4 is 10.8 Å². The summed E-state index contributed by atoms with van der Waals surface area (Å²) in [7, 11) is 1.72. The number of rotatable bonds is 6. The fraction of sp³-hybridized carbons (Fsp3) is 0.412. The van der Waals surface area contributed by atoms with Gasteiger partial charge < -0.3 is 15.8 Å². The average Bonchev–Trinajstić information content (AvgIpc) is 3.32. The summed E-state index contributed by atoms with van der Waals surface area (Å²) in [5.41, 5.74) is 7.25. The Balaban J connectivity index is 1.96. The van der Waals surface area contributed by atoms with Gasteiger partial charge in [0.2, 0.25) is 0 Å². The van der Waals surface area contributed by atoms with E-state index in [1.807, 2.05) is 12.1 Å². The molecule has 3 nitrogen and oxygen atoms in total. The van der Waals surface area contributed by atoms with Crippen LogP contribution in [0.25, 0.3) is 10.8 Å². The Kier molecular flexibility index (Phi) is 3.90. The van der Waals surface area contributed by atoms with E-state index in [0.717, 1.165) is 23.6 Å². The van der Waals surface area contributed by atoms with Crippen molar-refractivity contribution in [3.05, 3.63) is 42.0 Å². The van der Waals surface area contributed by atoms with Crippen molar-refractivity contribution in [2.24, 2.45) is 11.7 Å². The van der Waals surface area contributed by atoms with Crippen LogP contribution in [-0.2, 0) is 0 Å². The maximum absolute atomic E-state index is 5.98. The van der Waals surface area contributed by atoms with Crippen molar-refractivity contribution in [3.8, 4) is 5.75 Å². The number of nitrogens with one attached hydrogen (secondary N) is 1. The van der Waals surface area contributed by atoms with E-state index in [9.17, 15) is 0 Å². The first-order chi connectivity index (χ1) is 9.83. The molecule has 0 aromatic heterocycles. The molecule has 0 amide bonds. The molecule has 0 saturated heterocycles. The summed E-state index contributed by atoms with van der Waals surface area (Å²) < 4.78 is 5.45. The van der Waals surface area contributed by atoms with Crippen LogP contribution < -0.4 is 15.8 Å². The first-order valence-corrected chi connectivity index (χ1v) is 7.32. The molecule has 2 aromatic rings. The highest BCUT2D eigenvalue weighted by Gasteiger charge is 2.23. The van der Waals surface area contributed by atoms with Gasteiger partial charge in [-0.05, 0) is 42.3 Å². The van der Waals surface area contributed by atoms with Crippen LogP contribution in [0.1, 0.15) is 24.4 Å². The van der Waals surface area contributed by atoms with Crippen LogP contribution >= 0.6 is 0 Å². The van der Waals surface area contributed by atoms with Gasteiger partial charge in [-0.25, -0.2) is 0 Å². The Morgan fingerprint density at radius 1 is 1.20 bits per heavy atom. The highest BCUT2D eigenvalue weighted by Crippen LogP contribution is 2.32. The molecule has 1 atom stereocenters. The van der Waals surface area contributed by atoms with Crippen molar-refractivity contribution in [2.45, 2.75) is 18.9 Å². The van der Waals surface area contributed by atoms with Gasteiger partial charge in [0.1, 0.15) is 5.75 Å². The molecule has 0 aliphatic heterocycles. The third-order valence-electron chi connectivity index (χ3n) is 4.10. The van der Waals surface area contributed by atoms with E-state index in [-0.39, 0.29) is 6.04 Å². The third-order valence-corrected chi connectivity index (χ3v) is 4.10. The Morgan fingerprint density at radius 3 is 2.60 bits per heavy atom. The summed E-state index contributed by atoms with van der Waals surface area (Å²) in [6.07, 6.45) is 2.71. The van der Waals surface area contributed by atoms with Crippen LogP contribution in [0.3, 0.4) is 0 Å². The van der Waals surface area contributed by atoms with Crippen molar-refractivity contribution in [3.63, 3.8) is 0 Å². The summed E-state index contributed by atoms with van der Waals surface area (Å²) in [5, 5.41) is 5.99. The molecule has 3 N–H and O–H groups in total. The lowest BCUT2D eigenvalue weighted by molar-refractivity contribution is 0.419. The number of ether oxygens (including phenoxy) is 1. The second kappa shape index (κ2) is 5.81. The van der Waals surface area contributed by atoms with E-state index < -0.39 is 0 Å². The van der Waals surface area contributed by atoms with Gasteiger partial charge in [0.15, 0.2) is 0 Å². The van der Waals surface area contributed by atoms with Gasteiger partial charge in [0.05, 0.1) is 7.11 Å². The van der Waals surface area contributed by atoms with Crippen LogP contribution in [0.2, 0.25) is 0 Å². The highest BCUT2D eigenvalue weighted by molar-refractivity contribution is 5.91. The van der Waals surface area contributed by atoms with Crippen LogP contribution in [0.15, 0.2) is 36.4 Å². The van der Waals surface area contributed by atoms with E-state index >= 15 is 0 Å². The van der Waals surface area contributed by atoms with E-state index in [1.54, 1.807) is 7.11 Å². The van der Waals surface area contributed by atoms with Crippen molar-refractivity contribution in [1.82, 2.24) is 5.32 Å². The van der Waals surface area contributed by atoms with E-state index in [2.05, 4.69) is 29.6 Å². The molecule has 1 aliphatic carbocycles. The topological polar surface area (TPSA) is 47.3 Å². The lowest BCUT2D eigenvalue weighted by atomic mass is 9.98. The molecule has 3 rings (SSSR count). The smallest absolute Gasteiger partial charge is 0.126 e. The van der Waals surface area contributed by atoms with Gasteiger partial charge in [0, 0.05) is 18.0 Å². The average molecular weight is 270 g/mol. The molecule has 106 valence electrons. The number of hydrogen-bond acceptors (Lipinski definition) is 3. The van der Waals surface area contributed by atoms with Gasteiger partial charge in [-0.3, -0.25) is 0 Å². The maximum Gasteiger partial charge on any atom is 0.126 e. The minimum absolute atomic E-state index is 0.214. The van der Waals surface area contributed by atoms with E-state index in [1.165, 1.54) is 23.8 Å². The highest BCUT2D eigenvalue weighted by atomic mass is 16.5. The molecule has 0 heterocycles. The van der Waals surface area contributed by atoms with Gasteiger partial charge in [0.25, 0.3) is 0 Å². The maximum atomic E-state index is 5.98. The van der Waals surface area contributed by atoms with Gasteiger partial charge >= 0.3 is 0 Å². The predicted octanol–water partition coefficient (Wildman–Crippen LogP) is 2.85. The zero-order valence-electron chi connectivity index (χ0n) is 11.9. The normalized spacial score (nSPS) is 16.3. The summed E-state index contributed by atoms with van der Waals surface area (Å²) in [5.74, 6) is 1.77. The molecular formula is C17H22N2O. The molecule has 1 aliphatic rings. The number of methoxy groups -OCH3 is 1. The molecule has 2 aromatic carbocycles. The fourth-order valence-corrected chi connectivity index (χ4v) is 2.73. The van der Waals surface area contributed by atoms with Gasteiger partial charge in [-0.1, -0.05) is 30.3 Å². The summed E-state index contributed by atoms with van der Waals surface area (Å²) in [6, 6.07) is 12.8. The molecule has 1 fully saturated rings. The summed E-state index contributed by atoms with van der Waals surface area (Å²) in [4.78, 5) is 0. The van der Waals surface area contributed by atoms with E-state index in [4.69, 9.17) is 10.5 Å². The lowest BCUT2D eigenvalue weighted by Crippen LogP contribution is -2.30. The zero-order chi connectivity index (χ0) is 13.9. The van der Waals surface area contributed by atoms with Crippen molar-refractivity contribution in [1.29, 1.82) is 0 Å². The SMILES string of the molecule is COc1ccc(C(CN)NCC2CC2)c2ccccc12. The monoisotopic (exact) mass is 270 g/mol. The molecule has 3 heteroatoms. The molecule has 1 unspecified atom stereocenters. The lowest BCUT2D eigenvalue weighted by Gasteiger charge is -2.20. The van der Waals surface area contributed by atoms with Crippen LogP contribution in [0.4, 0.5) is 0 Å². The molecule has 1 saturated carbocycles. The predicted molar refractivity (Wildman–Crippen MR) is 83.0 cm³/mol. The second-order valence-corrected chi connectivity index (χ2v) is 5.54. The Labute approximate surface area is 120 Å². The van der Waals surface area contributed by atoms with Gasteiger partial charge in [-0.2, -0.15) is 0 Å². The molecular weight excluding hydrogens is 248 g/mol. The van der Waals surface area contributed by atoms with Crippen LogP contribution in [-0.4, -0.2) is 20.2 Å². The number of hydrogen-bond donors (Lipinski definition) is 2. The fourth-order valence-electron chi connectivity index (χ4n) is 2.73. The number of benzene rings is 2. The zero-order valence-corrected chi connectivity index (χ0v) is 11.9. The molecule has 0 radical (unpaired) electrons. The first kappa shape index (κ1) is 13.4. The minimum Gasteiger partial charge on any atom is -0.496 e. The largest absolute Gasteiger partial charge is 0.496 e. The van der Waals surface area contributed by atoms with Crippen LogP contribution in [0, 0.1) is 5.92 Å². The number of fused-ring (bicyclic) bond motifs is 1. The molecule has 0 bridgehead atoms. The summed E-state index contributed by atoms with van der Waals surface area (Å²) >= 11 is 0. The Morgan fingerprint density at radius 2 is 1.95 bits per heavy atom. The Hall–Kier alpha value is -1.58.